The molecular formula is C15H25N3S. The van der Waals surface area contributed by atoms with Crippen molar-refractivity contribution in [1.29, 1.82) is 0 Å². The number of thiophene rings is 1. The second-order valence-electron chi connectivity index (χ2n) is 5.56. The lowest BCUT2D eigenvalue weighted by molar-refractivity contribution is 0.273. The molecule has 0 radical (unpaired) electrons. The Balaban J connectivity index is 1.83. The van der Waals surface area contributed by atoms with Crippen molar-refractivity contribution < 1.29 is 0 Å². The van der Waals surface area contributed by atoms with E-state index < -0.39 is 0 Å². The van der Waals surface area contributed by atoms with Gasteiger partial charge in [-0.25, -0.2) is 0 Å². The van der Waals surface area contributed by atoms with E-state index in [1.807, 2.05) is 7.05 Å². The van der Waals surface area contributed by atoms with Gasteiger partial charge in [-0.2, -0.15) is 11.3 Å². The summed E-state index contributed by atoms with van der Waals surface area (Å²) in [6.07, 6.45) is 2.56. The first-order valence-corrected chi connectivity index (χ1v) is 8.12. The van der Waals surface area contributed by atoms with Crippen molar-refractivity contribution in [2.75, 3.05) is 26.7 Å². The number of aliphatic imine (C=N–C) groups is 1. The lowest BCUT2D eigenvalue weighted by Gasteiger charge is -2.33. The maximum atomic E-state index is 4.42. The van der Waals surface area contributed by atoms with Crippen LogP contribution in [0.2, 0.25) is 0 Å². The lowest BCUT2D eigenvalue weighted by atomic mass is 9.99. The van der Waals surface area contributed by atoms with Crippen LogP contribution in [0.25, 0.3) is 0 Å². The highest BCUT2D eigenvalue weighted by Gasteiger charge is 2.18. The molecule has 2 rings (SSSR count). The number of guanidine groups is 1. The predicted molar refractivity (Wildman–Crippen MR) is 84.1 cm³/mol. The number of hydrogen-bond acceptors (Lipinski definition) is 2. The zero-order valence-corrected chi connectivity index (χ0v) is 13.0. The number of hydrogen-bond donors (Lipinski definition) is 1. The lowest BCUT2D eigenvalue weighted by Crippen LogP contribution is -2.46. The van der Waals surface area contributed by atoms with Crippen molar-refractivity contribution in [3.8, 4) is 0 Å². The Morgan fingerprint density at radius 1 is 1.53 bits per heavy atom. The van der Waals surface area contributed by atoms with Crippen molar-refractivity contribution in [2.45, 2.75) is 32.6 Å². The molecule has 1 aliphatic heterocycles. The number of rotatable bonds is 3. The minimum absolute atomic E-state index is 0.534. The molecule has 1 aromatic rings. The molecule has 0 spiro atoms. The maximum Gasteiger partial charge on any atom is 0.193 e. The molecule has 0 bridgehead atoms. The van der Waals surface area contributed by atoms with Crippen molar-refractivity contribution in [3.05, 3.63) is 22.4 Å². The Bertz CT molecular complexity index is 392. The van der Waals surface area contributed by atoms with E-state index in [-0.39, 0.29) is 0 Å². The van der Waals surface area contributed by atoms with E-state index in [9.17, 15) is 0 Å². The normalized spacial score (nSPS) is 19.5. The third-order valence-electron chi connectivity index (χ3n) is 3.97. The second-order valence-corrected chi connectivity index (χ2v) is 6.34. The summed E-state index contributed by atoms with van der Waals surface area (Å²) < 4.78 is 0. The topological polar surface area (TPSA) is 27.6 Å². The van der Waals surface area contributed by atoms with Gasteiger partial charge >= 0.3 is 0 Å². The zero-order valence-electron chi connectivity index (χ0n) is 12.2. The van der Waals surface area contributed by atoms with Crippen molar-refractivity contribution in [3.63, 3.8) is 0 Å². The molecule has 1 aromatic heterocycles. The van der Waals surface area contributed by atoms with E-state index in [1.165, 1.54) is 18.4 Å². The fraction of sp³-hybridized carbons (Fsp3) is 0.667. The zero-order chi connectivity index (χ0) is 13.7. The van der Waals surface area contributed by atoms with E-state index in [0.717, 1.165) is 31.5 Å². The van der Waals surface area contributed by atoms with Crippen molar-refractivity contribution in [2.24, 2.45) is 10.9 Å². The third kappa shape index (κ3) is 3.96. The van der Waals surface area contributed by atoms with Crippen LogP contribution in [-0.2, 0) is 0 Å². The van der Waals surface area contributed by atoms with Gasteiger partial charge in [0.1, 0.15) is 0 Å². The van der Waals surface area contributed by atoms with Crippen LogP contribution in [0.4, 0.5) is 0 Å². The summed E-state index contributed by atoms with van der Waals surface area (Å²) in [5.74, 6) is 2.46. The number of likely N-dealkylation sites (tertiary alicyclic amines) is 1. The molecule has 4 heteroatoms. The van der Waals surface area contributed by atoms with Crippen LogP contribution in [0.1, 0.15) is 38.2 Å². The predicted octanol–water partition coefficient (Wildman–Crippen LogP) is 3.16. The van der Waals surface area contributed by atoms with Gasteiger partial charge in [0.15, 0.2) is 5.96 Å². The first kappa shape index (κ1) is 14.4. The molecule has 0 amide bonds. The van der Waals surface area contributed by atoms with Crippen molar-refractivity contribution in [1.82, 2.24) is 10.2 Å². The molecule has 1 aliphatic rings. The molecular weight excluding hydrogens is 254 g/mol. The van der Waals surface area contributed by atoms with E-state index >= 15 is 0 Å². The number of piperidine rings is 1. The molecule has 1 N–H and O–H groups in total. The number of nitrogens with zero attached hydrogens (tertiary/aromatic N) is 2. The quantitative estimate of drug-likeness (QED) is 0.680. The molecule has 1 fully saturated rings. The first-order valence-electron chi connectivity index (χ1n) is 7.18. The van der Waals surface area contributed by atoms with Crippen LogP contribution in [0.15, 0.2) is 21.8 Å². The maximum absolute atomic E-state index is 4.42. The van der Waals surface area contributed by atoms with Crippen LogP contribution in [0.5, 0.6) is 0 Å². The largest absolute Gasteiger partial charge is 0.356 e. The van der Waals surface area contributed by atoms with E-state index in [2.05, 4.69) is 45.9 Å². The highest BCUT2D eigenvalue weighted by molar-refractivity contribution is 7.07. The van der Waals surface area contributed by atoms with E-state index in [1.54, 1.807) is 11.3 Å². The van der Waals surface area contributed by atoms with Crippen LogP contribution in [0, 0.1) is 5.92 Å². The van der Waals surface area contributed by atoms with E-state index in [0.29, 0.717) is 5.92 Å². The van der Waals surface area contributed by atoms with Gasteiger partial charge in [0.05, 0.1) is 0 Å². The summed E-state index contributed by atoms with van der Waals surface area (Å²) in [7, 11) is 1.88. The summed E-state index contributed by atoms with van der Waals surface area (Å²) in [4.78, 5) is 6.81. The molecule has 1 atom stereocenters. The summed E-state index contributed by atoms with van der Waals surface area (Å²) in [5, 5.41) is 7.90. The van der Waals surface area contributed by atoms with Gasteiger partial charge in [0.25, 0.3) is 0 Å². The Morgan fingerprint density at radius 3 is 2.84 bits per heavy atom. The van der Waals surface area contributed by atoms with Crippen molar-refractivity contribution >= 4 is 17.3 Å². The summed E-state index contributed by atoms with van der Waals surface area (Å²) in [6.45, 7) is 7.82. The van der Waals surface area contributed by atoms with Gasteiger partial charge in [-0.15, -0.1) is 0 Å². The van der Waals surface area contributed by atoms with Gasteiger partial charge in [0, 0.05) is 26.7 Å². The van der Waals surface area contributed by atoms with Crippen LogP contribution in [-0.4, -0.2) is 37.5 Å². The molecule has 0 aromatic carbocycles. The summed E-state index contributed by atoms with van der Waals surface area (Å²) in [6, 6.07) is 2.21. The minimum Gasteiger partial charge on any atom is -0.356 e. The Labute approximate surface area is 120 Å². The fourth-order valence-corrected chi connectivity index (χ4v) is 3.25. The molecule has 106 valence electrons. The van der Waals surface area contributed by atoms with Gasteiger partial charge in [-0.1, -0.05) is 13.8 Å². The Kier molecular flexibility index (Phi) is 5.25. The second kappa shape index (κ2) is 6.94. The average Bonchev–Trinajstić information content (AvgIpc) is 2.95. The average molecular weight is 279 g/mol. The SMILES string of the molecule is CN=C(NCC(C)c1ccsc1)N1CCC(C)CC1. The van der Waals surface area contributed by atoms with E-state index in [4.69, 9.17) is 0 Å². The fourth-order valence-electron chi connectivity index (χ4n) is 2.47. The molecule has 1 saturated heterocycles. The van der Waals surface area contributed by atoms with Gasteiger partial charge in [0.2, 0.25) is 0 Å². The summed E-state index contributed by atoms with van der Waals surface area (Å²) in [5.41, 5.74) is 1.42. The molecule has 0 saturated carbocycles. The standard InChI is InChI=1S/C15H25N3S/c1-12-4-7-18(8-5-12)15(16-3)17-10-13(2)14-6-9-19-11-14/h6,9,11-13H,4-5,7-8,10H2,1-3H3,(H,16,17). The smallest absolute Gasteiger partial charge is 0.193 e. The number of nitrogens with one attached hydrogen (secondary N) is 1. The monoisotopic (exact) mass is 279 g/mol. The molecule has 1 unspecified atom stereocenters. The van der Waals surface area contributed by atoms with Crippen LogP contribution < -0.4 is 5.32 Å². The molecule has 19 heavy (non-hydrogen) atoms. The molecule has 2 heterocycles. The third-order valence-corrected chi connectivity index (χ3v) is 4.68. The first-order chi connectivity index (χ1) is 9.20. The molecule has 0 aliphatic carbocycles. The van der Waals surface area contributed by atoms with Crippen LogP contribution in [0.3, 0.4) is 0 Å². The minimum atomic E-state index is 0.534. The Hall–Kier alpha value is -1.03. The molecule has 3 nitrogen and oxygen atoms in total. The van der Waals surface area contributed by atoms with Gasteiger partial charge in [-0.05, 0) is 47.1 Å². The Morgan fingerprint density at radius 2 is 2.26 bits per heavy atom. The summed E-state index contributed by atoms with van der Waals surface area (Å²) >= 11 is 1.77. The highest BCUT2D eigenvalue weighted by Crippen LogP contribution is 2.18. The van der Waals surface area contributed by atoms with Gasteiger partial charge < -0.3 is 10.2 Å². The highest BCUT2D eigenvalue weighted by atomic mass is 32.1. The van der Waals surface area contributed by atoms with Crippen LogP contribution >= 0.6 is 11.3 Å². The van der Waals surface area contributed by atoms with Gasteiger partial charge in [-0.3, -0.25) is 4.99 Å².